The van der Waals surface area contributed by atoms with Gasteiger partial charge in [-0.05, 0) is 32.0 Å². The predicted molar refractivity (Wildman–Crippen MR) is 76.2 cm³/mol. The molecule has 0 aliphatic carbocycles. The molecule has 1 aliphatic heterocycles. The number of nitrogens with two attached hydrogens (primary N) is 1. The van der Waals surface area contributed by atoms with E-state index in [-0.39, 0.29) is 9.64 Å². The number of rotatable bonds is 2. The Bertz CT molecular complexity index is 541. The zero-order valence-corrected chi connectivity index (χ0v) is 12.2. The van der Waals surface area contributed by atoms with Gasteiger partial charge in [-0.15, -0.1) is 0 Å². The largest absolute Gasteiger partial charge is 0.399 e. The lowest BCUT2D eigenvalue weighted by atomic mass is 10.2. The number of hydrogen-bond acceptors (Lipinski definition) is 4. The number of hydrogen-bond donors (Lipinski definition) is 1. The smallest absolute Gasteiger partial charge is 0.243 e. The Labute approximate surface area is 113 Å². The summed E-state index contributed by atoms with van der Waals surface area (Å²) in [5, 5.41) is 0. The number of nitrogen functional groups attached to an aromatic ring is 1. The summed E-state index contributed by atoms with van der Waals surface area (Å²) >= 11 is 1.81. The van der Waals surface area contributed by atoms with E-state index < -0.39 is 10.0 Å². The van der Waals surface area contributed by atoms with E-state index in [1.54, 1.807) is 22.5 Å². The molecule has 0 aromatic heterocycles. The Morgan fingerprint density at radius 2 is 2.11 bits per heavy atom. The molecule has 0 unspecified atom stereocenters. The minimum absolute atomic E-state index is 0.0361. The van der Waals surface area contributed by atoms with E-state index in [0.29, 0.717) is 18.8 Å². The van der Waals surface area contributed by atoms with Gasteiger partial charge in [-0.25, -0.2) is 8.42 Å². The second kappa shape index (κ2) is 4.75. The highest BCUT2D eigenvalue weighted by molar-refractivity contribution is 8.00. The molecule has 1 aromatic rings. The van der Waals surface area contributed by atoms with Gasteiger partial charge in [0.25, 0.3) is 0 Å². The minimum Gasteiger partial charge on any atom is -0.399 e. The molecule has 0 saturated carbocycles. The molecule has 1 fully saturated rings. The summed E-state index contributed by atoms with van der Waals surface area (Å²) in [4.78, 5) is 0.283. The van der Waals surface area contributed by atoms with Crippen LogP contribution in [0.2, 0.25) is 0 Å². The maximum Gasteiger partial charge on any atom is 0.243 e. The lowest BCUT2D eigenvalue weighted by Crippen LogP contribution is -2.46. The van der Waals surface area contributed by atoms with Gasteiger partial charge in [-0.2, -0.15) is 16.1 Å². The molecule has 6 heteroatoms. The Balaban J connectivity index is 2.31. The summed E-state index contributed by atoms with van der Waals surface area (Å²) in [6.45, 7) is 5.23. The zero-order chi connectivity index (χ0) is 13.4. The third-order valence-electron chi connectivity index (χ3n) is 2.89. The van der Waals surface area contributed by atoms with E-state index in [1.165, 1.54) is 6.07 Å². The molecule has 0 spiro atoms. The van der Waals surface area contributed by atoms with E-state index in [2.05, 4.69) is 13.8 Å². The van der Waals surface area contributed by atoms with Crippen molar-refractivity contribution in [2.24, 2.45) is 0 Å². The number of nitrogens with zero attached hydrogens (tertiary/aromatic N) is 1. The van der Waals surface area contributed by atoms with Crippen molar-refractivity contribution in [3.05, 3.63) is 24.3 Å². The summed E-state index contributed by atoms with van der Waals surface area (Å²) in [6.07, 6.45) is 0. The highest BCUT2D eigenvalue weighted by Crippen LogP contribution is 2.32. The first kappa shape index (κ1) is 13.7. The van der Waals surface area contributed by atoms with Crippen molar-refractivity contribution in [1.29, 1.82) is 0 Å². The summed E-state index contributed by atoms with van der Waals surface area (Å²) in [5.74, 6) is 0.828. The molecular weight excluding hydrogens is 268 g/mol. The third-order valence-corrected chi connectivity index (χ3v) is 6.02. The van der Waals surface area contributed by atoms with E-state index in [0.717, 1.165) is 5.75 Å². The van der Waals surface area contributed by atoms with Crippen molar-refractivity contribution < 1.29 is 8.42 Å². The maximum absolute atomic E-state index is 12.5. The van der Waals surface area contributed by atoms with Crippen LogP contribution in [0.25, 0.3) is 0 Å². The first-order valence-corrected chi connectivity index (χ1v) is 8.23. The maximum atomic E-state index is 12.5. The molecule has 0 bridgehead atoms. The van der Waals surface area contributed by atoms with Crippen LogP contribution >= 0.6 is 11.8 Å². The van der Waals surface area contributed by atoms with Gasteiger partial charge < -0.3 is 5.73 Å². The van der Waals surface area contributed by atoms with Crippen molar-refractivity contribution in [3.63, 3.8) is 0 Å². The van der Waals surface area contributed by atoms with Crippen LogP contribution in [0.1, 0.15) is 13.8 Å². The van der Waals surface area contributed by atoms with Gasteiger partial charge in [0.2, 0.25) is 10.0 Å². The Kier molecular flexibility index (Phi) is 3.62. The fourth-order valence-corrected chi connectivity index (χ4v) is 4.97. The number of anilines is 1. The minimum atomic E-state index is -3.42. The highest BCUT2D eigenvalue weighted by Gasteiger charge is 2.34. The number of benzene rings is 1. The van der Waals surface area contributed by atoms with Crippen LogP contribution in [-0.4, -0.2) is 36.3 Å². The summed E-state index contributed by atoms with van der Waals surface area (Å²) in [7, 11) is -3.42. The molecule has 1 aliphatic rings. The molecule has 1 heterocycles. The fraction of sp³-hybridized carbons (Fsp3) is 0.500. The number of sulfonamides is 1. The van der Waals surface area contributed by atoms with Gasteiger partial charge in [0.05, 0.1) is 4.90 Å². The predicted octanol–water partition coefficient (Wildman–Crippen LogP) is 1.78. The SMILES string of the molecule is CC1(C)CN(S(=O)(=O)c2cccc(N)c2)CCS1. The second-order valence-corrected chi connectivity index (χ2v) is 8.76. The molecular formula is C12H18N2O2S2. The van der Waals surface area contributed by atoms with Gasteiger partial charge >= 0.3 is 0 Å². The van der Waals surface area contributed by atoms with Crippen LogP contribution in [0.5, 0.6) is 0 Å². The van der Waals surface area contributed by atoms with Crippen molar-refractivity contribution >= 4 is 27.5 Å². The molecule has 18 heavy (non-hydrogen) atoms. The van der Waals surface area contributed by atoms with Crippen molar-refractivity contribution in [2.75, 3.05) is 24.6 Å². The first-order valence-electron chi connectivity index (χ1n) is 5.81. The molecule has 4 nitrogen and oxygen atoms in total. The van der Waals surface area contributed by atoms with E-state index >= 15 is 0 Å². The van der Waals surface area contributed by atoms with Crippen LogP contribution in [0, 0.1) is 0 Å². The third kappa shape index (κ3) is 2.81. The monoisotopic (exact) mass is 286 g/mol. The zero-order valence-electron chi connectivity index (χ0n) is 10.6. The Hall–Kier alpha value is -0.720. The molecule has 1 saturated heterocycles. The van der Waals surface area contributed by atoms with E-state index in [4.69, 9.17) is 5.73 Å². The molecule has 0 atom stereocenters. The van der Waals surface area contributed by atoms with Crippen LogP contribution in [0.3, 0.4) is 0 Å². The summed E-state index contributed by atoms with van der Waals surface area (Å²) in [6, 6.07) is 6.48. The number of thioether (sulfide) groups is 1. The van der Waals surface area contributed by atoms with Gasteiger partial charge in [0, 0.05) is 29.3 Å². The summed E-state index contributed by atoms with van der Waals surface area (Å²) in [5.41, 5.74) is 6.12. The van der Waals surface area contributed by atoms with Gasteiger partial charge in [-0.3, -0.25) is 0 Å². The fourth-order valence-electron chi connectivity index (χ4n) is 2.00. The van der Waals surface area contributed by atoms with Crippen LogP contribution in [0.4, 0.5) is 5.69 Å². The topological polar surface area (TPSA) is 63.4 Å². The lowest BCUT2D eigenvalue weighted by Gasteiger charge is -2.36. The highest BCUT2D eigenvalue weighted by atomic mass is 32.2. The normalized spacial score (nSPS) is 20.8. The van der Waals surface area contributed by atoms with Crippen molar-refractivity contribution in [2.45, 2.75) is 23.5 Å². The standard InChI is InChI=1S/C12H18N2O2S2/c1-12(2)9-14(6-7-17-12)18(15,16)11-5-3-4-10(13)8-11/h3-5,8H,6-7,9,13H2,1-2H3. The molecule has 0 radical (unpaired) electrons. The Morgan fingerprint density at radius 1 is 1.39 bits per heavy atom. The molecule has 100 valence electrons. The van der Waals surface area contributed by atoms with Crippen molar-refractivity contribution in [3.8, 4) is 0 Å². The van der Waals surface area contributed by atoms with Gasteiger partial charge in [0.15, 0.2) is 0 Å². The Morgan fingerprint density at radius 3 is 2.72 bits per heavy atom. The van der Waals surface area contributed by atoms with E-state index in [9.17, 15) is 8.42 Å². The summed E-state index contributed by atoms with van der Waals surface area (Å²) < 4.78 is 26.5. The lowest BCUT2D eigenvalue weighted by molar-refractivity contribution is 0.387. The van der Waals surface area contributed by atoms with Gasteiger partial charge in [-0.1, -0.05) is 6.07 Å². The average Bonchev–Trinajstić information content (AvgIpc) is 2.27. The van der Waals surface area contributed by atoms with Crippen LogP contribution < -0.4 is 5.73 Å². The van der Waals surface area contributed by atoms with Crippen LogP contribution in [-0.2, 0) is 10.0 Å². The molecule has 2 rings (SSSR count). The molecule has 0 amide bonds. The average molecular weight is 286 g/mol. The first-order chi connectivity index (χ1) is 8.31. The van der Waals surface area contributed by atoms with Crippen molar-refractivity contribution in [1.82, 2.24) is 4.31 Å². The second-order valence-electron chi connectivity index (χ2n) is 5.02. The van der Waals surface area contributed by atoms with Gasteiger partial charge in [0.1, 0.15) is 0 Å². The van der Waals surface area contributed by atoms with Crippen LogP contribution in [0.15, 0.2) is 29.2 Å². The molecule has 1 aromatic carbocycles. The quantitative estimate of drug-likeness (QED) is 0.842. The van der Waals surface area contributed by atoms with E-state index in [1.807, 2.05) is 11.8 Å². The molecule has 2 N–H and O–H groups in total.